The van der Waals surface area contributed by atoms with Gasteiger partial charge in [0.25, 0.3) is 0 Å². The van der Waals surface area contributed by atoms with Crippen LogP contribution in [0.4, 0.5) is 11.4 Å². The average Bonchev–Trinajstić information content (AvgIpc) is 2.62. The van der Waals surface area contributed by atoms with Gasteiger partial charge in [0.15, 0.2) is 0 Å². The van der Waals surface area contributed by atoms with Crippen molar-refractivity contribution in [3.05, 3.63) is 53.6 Å². The molecule has 0 spiro atoms. The quantitative estimate of drug-likeness (QED) is 0.715. The van der Waals surface area contributed by atoms with Crippen molar-refractivity contribution in [2.75, 3.05) is 24.3 Å². The van der Waals surface area contributed by atoms with Crippen molar-refractivity contribution in [3.8, 4) is 5.75 Å². The predicted molar refractivity (Wildman–Crippen MR) is 99.2 cm³/mol. The van der Waals surface area contributed by atoms with Crippen molar-refractivity contribution in [2.24, 2.45) is 0 Å². The number of carbonyl (C=O) groups is 3. The zero-order chi connectivity index (χ0) is 19.1. The van der Waals surface area contributed by atoms with Gasteiger partial charge in [-0.05, 0) is 49.7 Å². The highest BCUT2D eigenvalue weighted by Gasteiger charge is 2.15. The fraction of sp³-hybridized carbons (Fsp3) is 0.211. The van der Waals surface area contributed by atoms with E-state index in [2.05, 4.69) is 16.0 Å². The van der Waals surface area contributed by atoms with Crippen molar-refractivity contribution in [1.29, 1.82) is 0 Å². The molecule has 0 saturated heterocycles. The second kappa shape index (κ2) is 8.66. The molecule has 0 unspecified atom stereocenters. The molecule has 0 aromatic heterocycles. The number of nitrogens with one attached hydrogen (secondary N) is 3. The Bertz CT molecular complexity index is 816. The molecule has 0 bridgehead atoms. The van der Waals surface area contributed by atoms with Crippen molar-refractivity contribution >= 4 is 29.1 Å². The number of ether oxygens (including phenoxy) is 1. The van der Waals surface area contributed by atoms with Crippen molar-refractivity contribution in [1.82, 2.24) is 5.32 Å². The Hall–Kier alpha value is -3.35. The molecule has 0 aliphatic rings. The van der Waals surface area contributed by atoms with Crippen LogP contribution in [0.2, 0.25) is 0 Å². The minimum atomic E-state index is -0.892. The van der Waals surface area contributed by atoms with Crippen LogP contribution in [0, 0.1) is 13.8 Å². The van der Waals surface area contributed by atoms with Crippen LogP contribution in [0.5, 0.6) is 5.75 Å². The summed E-state index contributed by atoms with van der Waals surface area (Å²) in [6.45, 7) is 3.53. The highest BCUT2D eigenvalue weighted by Crippen LogP contribution is 2.16. The maximum absolute atomic E-state index is 11.9. The first-order valence-corrected chi connectivity index (χ1v) is 7.99. The molecule has 0 heterocycles. The fourth-order valence-corrected chi connectivity index (χ4v) is 2.25. The van der Waals surface area contributed by atoms with Gasteiger partial charge in [0.05, 0.1) is 13.7 Å². The van der Waals surface area contributed by atoms with Gasteiger partial charge < -0.3 is 20.7 Å². The van der Waals surface area contributed by atoms with E-state index < -0.39 is 17.7 Å². The number of methoxy groups -OCH3 is 1. The molecule has 3 amide bonds. The molecular formula is C19H21N3O4. The van der Waals surface area contributed by atoms with E-state index in [-0.39, 0.29) is 6.54 Å². The van der Waals surface area contributed by atoms with Crippen molar-refractivity contribution in [2.45, 2.75) is 13.8 Å². The molecule has 3 N–H and O–H groups in total. The number of hydrogen-bond donors (Lipinski definition) is 3. The third kappa shape index (κ3) is 5.34. The Kier molecular flexibility index (Phi) is 6.32. The zero-order valence-corrected chi connectivity index (χ0v) is 14.9. The monoisotopic (exact) mass is 355 g/mol. The molecule has 136 valence electrons. The summed E-state index contributed by atoms with van der Waals surface area (Å²) in [5.74, 6) is -1.52. The number of anilines is 2. The highest BCUT2D eigenvalue weighted by molar-refractivity contribution is 6.39. The molecule has 0 fully saturated rings. The first kappa shape index (κ1) is 19.0. The second-order valence-electron chi connectivity index (χ2n) is 5.73. The van der Waals surface area contributed by atoms with Crippen LogP contribution in [0.25, 0.3) is 0 Å². The van der Waals surface area contributed by atoms with Crippen LogP contribution in [0.3, 0.4) is 0 Å². The molecule has 0 radical (unpaired) electrons. The van der Waals surface area contributed by atoms with Gasteiger partial charge in [-0.3, -0.25) is 14.4 Å². The molecule has 7 nitrogen and oxygen atoms in total. The van der Waals surface area contributed by atoms with Crippen molar-refractivity contribution in [3.63, 3.8) is 0 Å². The third-order valence-corrected chi connectivity index (χ3v) is 3.62. The average molecular weight is 355 g/mol. The summed E-state index contributed by atoms with van der Waals surface area (Å²) >= 11 is 0. The fourth-order valence-electron chi connectivity index (χ4n) is 2.25. The van der Waals surface area contributed by atoms with Crippen molar-refractivity contribution < 1.29 is 19.1 Å². The van der Waals surface area contributed by atoms with Gasteiger partial charge >= 0.3 is 11.8 Å². The van der Waals surface area contributed by atoms with E-state index in [1.54, 1.807) is 30.3 Å². The first-order chi connectivity index (χ1) is 12.4. The van der Waals surface area contributed by atoms with Crippen LogP contribution < -0.4 is 20.7 Å². The summed E-state index contributed by atoms with van der Waals surface area (Å²) < 4.78 is 5.01. The maximum Gasteiger partial charge on any atom is 0.313 e. The molecule has 2 rings (SSSR count). The lowest BCUT2D eigenvalue weighted by Gasteiger charge is -2.10. The SMILES string of the molecule is COc1ccc(NC(=O)C(=O)NCC(=O)Nc2ccc(C)cc2C)cc1. The molecule has 0 aliphatic heterocycles. The summed E-state index contributed by atoms with van der Waals surface area (Å²) in [4.78, 5) is 35.6. The Morgan fingerprint density at radius 3 is 2.23 bits per heavy atom. The molecule has 2 aromatic rings. The second-order valence-corrected chi connectivity index (χ2v) is 5.73. The number of carbonyl (C=O) groups excluding carboxylic acids is 3. The van der Waals surface area contributed by atoms with Gasteiger partial charge in [-0.25, -0.2) is 0 Å². The van der Waals surface area contributed by atoms with Gasteiger partial charge in [-0.15, -0.1) is 0 Å². The van der Waals surface area contributed by atoms with E-state index in [0.717, 1.165) is 11.1 Å². The lowest BCUT2D eigenvalue weighted by atomic mass is 10.1. The van der Waals surface area contributed by atoms with E-state index in [9.17, 15) is 14.4 Å². The van der Waals surface area contributed by atoms with E-state index in [1.165, 1.54) is 7.11 Å². The summed E-state index contributed by atoms with van der Waals surface area (Å²) in [7, 11) is 1.53. The van der Waals surface area contributed by atoms with Crippen LogP contribution >= 0.6 is 0 Å². The molecule has 0 aliphatic carbocycles. The Morgan fingerprint density at radius 1 is 0.923 bits per heavy atom. The third-order valence-electron chi connectivity index (χ3n) is 3.62. The number of benzene rings is 2. The van der Waals surface area contributed by atoms with Gasteiger partial charge in [0, 0.05) is 11.4 Å². The van der Waals surface area contributed by atoms with Crippen LogP contribution in [0.1, 0.15) is 11.1 Å². The molecule has 2 aromatic carbocycles. The minimum Gasteiger partial charge on any atom is -0.497 e. The topological polar surface area (TPSA) is 96.5 Å². The minimum absolute atomic E-state index is 0.303. The standard InChI is InChI=1S/C19H21N3O4/c1-12-4-9-16(13(2)10-12)22-17(23)11-20-18(24)19(25)21-14-5-7-15(26-3)8-6-14/h4-10H,11H2,1-3H3,(H,20,24)(H,21,25)(H,22,23). The molecule has 7 heteroatoms. The molecular weight excluding hydrogens is 334 g/mol. The van der Waals surface area contributed by atoms with Crippen LogP contribution in [-0.4, -0.2) is 31.4 Å². The van der Waals surface area contributed by atoms with Crippen LogP contribution in [-0.2, 0) is 14.4 Å². The summed E-state index contributed by atoms with van der Waals surface area (Å²) in [6.07, 6.45) is 0. The van der Waals surface area contributed by atoms with E-state index in [1.807, 2.05) is 26.0 Å². The molecule has 26 heavy (non-hydrogen) atoms. The predicted octanol–water partition coefficient (Wildman–Crippen LogP) is 2.01. The molecule has 0 saturated carbocycles. The van der Waals surface area contributed by atoms with Gasteiger partial charge in [0.2, 0.25) is 5.91 Å². The van der Waals surface area contributed by atoms with Crippen LogP contribution in [0.15, 0.2) is 42.5 Å². The van der Waals surface area contributed by atoms with Gasteiger partial charge in [0.1, 0.15) is 5.75 Å². The normalized spacial score (nSPS) is 9.96. The smallest absolute Gasteiger partial charge is 0.313 e. The number of hydrogen-bond acceptors (Lipinski definition) is 4. The Morgan fingerprint density at radius 2 is 1.62 bits per heavy atom. The Balaban J connectivity index is 1.82. The largest absolute Gasteiger partial charge is 0.497 e. The summed E-state index contributed by atoms with van der Waals surface area (Å²) in [6, 6.07) is 12.1. The number of amides is 3. The number of aryl methyl sites for hydroxylation is 2. The summed E-state index contributed by atoms with van der Waals surface area (Å²) in [5, 5.41) is 7.43. The lowest BCUT2D eigenvalue weighted by Crippen LogP contribution is -2.39. The number of rotatable bonds is 5. The lowest BCUT2D eigenvalue weighted by molar-refractivity contribution is -0.136. The van der Waals surface area contributed by atoms with E-state index in [4.69, 9.17) is 4.74 Å². The Labute approximate surface area is 151 Å². The molecule has 0 atom stereocenters. The zero-order valence-electron chi connectivity index (χ0n) is 14.9. The highest BCUT2D eigenvalue weighted by atomic mass is 16.5. The van der Waals surface area contributed by atoms with Gasteiger partial charge in [-0.2, -0.15) is 0 Å². The maximum atomic E-state index is 11.9. The summed E-state index contributed by atoms with van der Waals surface area (Å²) in [5.41, 5.74) is 3.12. The van der Waals surface area contributed by atoms with E-state index >= 15 is 0 Å². The first-order valence-electron chi connectivity index (χ1n) is 7.99. The van der Waals surface area contributed by atoms with E-state index in [0.29, 0.717) is 17.1 Å². The van der Waals surface area contributed by atoms with Gasteiger partial charge in [-0.1, -0.05) is 17.7 Å².